The Labute approximate surface area is 161 Å². The number of nitrogens with zero attached hydrogens (tertiary/aromatic N) is 2. The summed E-state index contributed by atoms with van der Waals surface area (Å²) in [7, 11) is 3.19. The van der Waals surface area contributed by atoms with Gasteiger partial charge in [0.15, 0.2) is 23.9 Å². The van der Waals surface area contributed by atoms with Crippen LogP contribution in [0.4, 0.5) is 5.69 Å². The van der Waals surface area contributed by atoms with Crippen LogP contribution in [0.1, 0.15) is 5.56 Å². The first-order valence-corrected chi connectivity index (χ1v) is 9.31. The summed E-state index contributed by atoms with van der Waals surface area (Å²) in [6.07, 6.45) is 4.17. The molecule has 0 radical (unpaired) electrons. The predicted octanol–water partition coefficient (Wildman–Crippen LogP) is 2.17. The Balaban J connectivity index is 1.63. The summed E-state index contributed by atoms with van der Waals surface area (Å²) < 4.78 is 11.5. The maximum absolute atomic E-state index is 12.7. The van der Waals surface area contributed by atoms with E-state index in [2.05, 4.69) is 37.9 Å². The van der Waals surface area contributed by atoms with Gasteiger partial charge in [0.05, 0.1) is 20.6 Å². The number of halogens is 1. The number of carbonyl (C=O) groups is 1. The van der Waals surface area contributed by atoms with Gasteiger partial charge in [-0.25, -0.2) is 4.98 Å². The molecule has 2 heterocycles. The molecule has 0 unspecified atom stereocenters. The van der Waals surface area contributed by atoms with Crippen LogP contribution in [0, 0.1) is 0 Å². The van der Waals surface area contributed by atoms with Crippen LogP contribution in [0.5, 0.6) is 11.5 Å². The lowest BCUT2D eigenvalue weighted by molar-refractivity contribution is -0.377. The van der Waals surface area contributed by atoms with Gasteiger partial charge in [0.25, 0.3) is 0 Å². The highest BCUT2D eigenvalue weighted by Crippen LogP contribution is 2.33. The standard InChI is InChI=1S/C19H22BrN3O3/c1-25-17-11-14(16(20)13-18(17)26-2)12-19(24)23-9-7-22(8-10-23)15-3-5-21-6-4-15/h3-6,11,13H,7-10,12H2,1-2H3/p+1. The zero-order valence-corrected chi connectivity index (χ0v) is 16.6. The summed E-state index contributed by atoms with van der Waals surface area (Å²) in [5, 5.41) is 0. The predicted molar refractivity (Wildman–Crippen MR) is 103 cm³/mol. The van der Waals surface area contributed by atoms with Gasteiger partial charge in [0, 0.05) is 48.5 Å². The zero-order chi connectivity index (χ0) is 18.5. The van der Waals surface area contributed by atoms with Crippen molar-refractivity contribution < 1.29 is 19.3 Å². The highest BCUT2D eigenvalue weighted by molar-refractivity contribution is 9.10. The lowest BCUT2D eigenvalue weighted by atomic mass is 10.1. The average molecular weight is 421 g/mol. The molecule has 1 fully saturated rings. The van der Waals surface area contributed by atoms with Crippen molar-refractivity contribution >= 4 is 27.5 Å². The Bertz CT molecular complexity index is 762. The first-order chi connectivity index (χ1) is 12.6. The molecule has 1 N–H and O–H groups in total. The van der Waals surface area contributed by atoms with Crippen molar-refractivity contribution in [3.63, 3.8) is 0 Å². The third-order valence-corrected chi connectivity index (χ3v) is 5.33. The number of ether oxygens (including phenoxy) is 2. The molecule has 3 rings (SSSR count). The van der Waals surface area contributed by atoms with E-state index in [1.165, 1.54) is 5.69 Å². The van der Waals surface area contributed by atoms with E-state index in [0.717, 1.165) is 36.2 Å². The van der Waals surface area contributed by atoms with Gasteiger partial charge >= 0.3 is 0 Å². The average Bonchev–Trinajstić information content (AvgIpc) is 2.69. The van der Waals surface area contributed by atoms with Crippen molar-refractivity contribution in [3.8, 4) is 11.5 Å². The van der Waals surface area contributed by atoms with E-state index in [0.29, 0.717) is 17.9 Å². The lowest BCUT2D eigenvalue weighted by Gasteiger charge is -2.36. The highest BCUT2D eigenvalue weighted by Gasteiger charge is 2.22. The largest absolute Gasteiger partial charge is 0.493 e. The fourth-order valence-corrected chi connectivity index (χ4v) is 3.57. The minimum Gasteiger partial charge on any atom is -0.493 e. The number of anilines is 1. The number of pyridine rings is 1. The molecule has 1 aliphatic heterocycles. The summed E-state index contributed by atoms with van der Waals surface area (Å²) in [5.41, 5.74) is 2.08. The monoisotopic (exact) mass is 420 g/mol. The fourth-order valence-electron chi connectivity index (χ4n) is 3.11. The number of hydrogen-bond donors (Lipinski definition) is 0. The molecule has 7 heteroatoms. The van der Waals surface area contributed by atoms with Gasteiger partial charge in [-0.15, -0.1) is 0 Å². The molecule has 1 saturated heterocycles. The molecule has 0 aliphatic carbocycles. The summed E-state index contributed by atoms with van der Waals surface area (Å²) in [4.78, 5) is 20.0. The molecule has 0 bridgehead atoms. The number of rotatable bonds is 5. The van der Waals surface area contributed by atoms with Crippen LogP contribution in [-0.4, -0.2) is 51.2 Å². The number of aromatic amines is 1. The Morgan fingerprint density at radius 2 is 1.69 bits per heavy atom. The molecule has 0 saturated carbocycles. The second-order valence-electron chi connectivity index (χ2n) is 6.10. The lowest BCUT2D eigenvalue weighted by Crippen LogP contribution is -2.49. The molecule has 26 heavy (non-hydrogen) atoms. The van der Waals surface area contributed by atoms with Gasteiger partial charge in [0.1, 0.15) is 0 Å². The van der Waals surface area contributed by atoms with Crippen molar-refractivity contribution in [1.29, 1.82) is 0 Å². The Morgan fingerprint density at radius 1 is 1.08 bits per heavy atom. The molecule has 1 aliphatic rings. The van der Waals surface area contributed by atoms with Crippen LogP contribution in [-0.2, 0) is 11.2 Å². The summed E-state index contributed by atoms with van der Waals surface area (Å²) in [6.45, 7) is 3.12. The van der Waals surface area contributed by atoms with E-state index >= 15 is 0 Å². The molecule has 138 valence electrons. The summed E-state index contributed by atoms with van der Waals surface area (Å²) >= 11 is 3.53. The molecule has 2 aromatic rings. The fraction of sp³-hybridized carbons (Fsp3) is 0.368. The maximum atomic E-state index is 12.7. The van der Waals surface area contributed by atoms with Gasteiger partial charge in [0.2, 0.25) is 5.91 Å². The van der Waals surface area contributed by atoms with Crippen LogP contribution in [0.3, 0.4) is 0 Å². The number of methoxy groups -OCH3 is 2. The number of H-pyrrole nitrogens is 1. The smallest absolute Gasteiger partial charge is 0.227 e. The summed E-state index contributed by atoms with van der Waals surface area (Å²) in [6, 6.07) is 7.81. The Kier molecular flexibility index (Phi) is 5.98. The SMILES string of the molecule is COc1cc(Br)c(CC(=O)N2CCN(c3cc[nH+]cc3)CC2)cc1OC. The van der Waals surface area contributed by atoms with Crippen LogP contribution in [0.2, 0.25) is 0 Å². The molecule has 6 nitrogen and oxygen atoms in total. The molecular formula is C19H23BrN3O3+. The number of carbonyl (C=O) groups excluding carboxylic acids is 1. The van der Waals surface area contributed by atoms with E-state index in [1.807, 2.05) is 29.4 Å². The normalized spacial score (nSPS) is 14.3. The molecule has 1 aromatic heterocycles. The Morgan fingerprint density at radius 3 is 2.31 bits per heavy atom. The van der Waals surface area contributed by atoms with Crippen molar-refractivity contribution in [3.05, 3.63) is 46.7 Å². The molecule has 0 atom stereocenters. The number of benzene rings is 1. The second kappa shape index (κ2) is 8.40. The molecule has 1 amide bonds. The highest BCUT2D eigenvalue weighted by atomic mass is 79.9. The topological polar surface area (TPSA) is 56.2 Å². The van der Waals surface area contributed by atoms with Gasteiger partial charge in [-0.2, -0.15) is 0 Å². The quantitative estimate of drug-likeness (QED) is 0.743. The second-order valence-corrected chi connectivity index (χ2v) is 6.96. The van der Waals surface area contributed by atoms with Crippen molar-refractivity contribution in [1.82, 2.24) is 4.90 Å². The van der Waals surface area contributed by atoms with Crippen molar-refractivity contribution in [2.24, 2.45) is 0 Å². The number of nitrogens with one attached hydrogen (secondary N) is 1. The Hall–Kier alpha value is -2.28. The van der Waals surface area contributed by atoms with Crippen LogP contribution >= 0.6 is 15.9 Å². The minimum atomic E-state index is 0.124. The number of hydrogen-bond acceptors (Lipinski definition) is 4. The first-order valence-electron chi connectivity index (χ1n) is 8.51. The van der Waals surface area contributed by atoms with Gasteiger partial charge in [-0.1, -0.05) is 15.9 Å². The first kappa shape index (κ1) is 18.5. The minimum absolute atomic E-state index is 0.124. The molecule has 0 spiro atoms. The van der Waals surface area contributed by atoms with Crippen LogP contribution in [0.15, 0.2) is 41.1 Å². The van der Waals surface area contributed by atoms with Crippen molar-refractivity contribution in [2.75, 3.05) is 45.3 Å². The maximum Gasteiger partial charge on any atom is 0.227 e. The van der Waals surface area contributed by atoms with Crippen LogP contribution in [0.25, 0.3) is 0 Å². The third-order valence-electron chi connectivity index (χ3n) is 4.59. The summed E-state index contributed by atoms with van der Waals surface area (Å²) in [5.74, 6) is 1.40. The zero-order valence-electron chi connectivity index (χ0n) is 15.0. The van der Waals surface area contributed by atoms with Gasteiger partial charge < -0.3 is 19.3 Å². The van der Waals surface area contributed by atoms with E-state index in [-0.39, 0.29) is 5.91 Å². The molecule has 1 aromatic carbocycles. The van der Waals surface area contributed by atoms with Gasteiger partial charge in [-0.3, -0.25) is 4.79 Å². The van der Waals surface area contributed by atoms with E-state index in [9.17, 15) is 4.79 Å². The third kappa shape index (κ3) is 4.09. The molecular weight excluding hydrogens is 398 g/mol. The number of aromatic nitrogens is 1. The number of piperazine rings is 1. The number of amides is 1. The van der Waals surface area contributed by atoms with E-state index in [4.69, 9.17) is 9.47 Å². The van der Waals surface area contributed by atoms with Crippen molar-refractivity contribution in [2.45, 2.75) is 6.42 Å². The van der Waals surface area contributed by atoms with Gasteiger partial charge in [-0.05, 0) is 17.7 Å². The van der Waals surface area contributed by atoms with E-state index in [1.54, 1.807) is 14.2 Å². The van der Waals surface area contributed by atoms with E-state index < -0.39 is 0 Å². The van der Waals surface area contributed by atoms with Crippen LogP contribution < -0.4 is 19.4 Å².